The van der Waals surface area contributed by atoms with E-state index in [4.69, 9.17) is 14.5 Å². The minimum absolute atomic E-state index is 0.218. The fourth-order valence-electron chi connectivity index (χ4n) is 4.14. The van der Waals surface area contributed by atoms with Gasteiger partial charge in [0.05, 0.1) is 43.3 Å². The number of fused-ring (bicyclic) bond motifs is 2. The summed E-state index contributed by atoms with van der Waals surface area (Å²) < 4.78 is 38.2. The molecular formula is C18H28N4O4S. The highest BCUT2D eigenvalue weighted by molar-refractivity contribution is 7.89. The first-order valence-corrected chi connectivity index (χ1v) is 11.4. The molecule has 2 saturated heterocycles. The molecule has 0 aliphatic carbocycles. The maximum atomic E-state index is 12.7. The number of ether oxygens (including phenoxy) is 2. The molecule has 0 aromatic carbocycles. The maximum Gasteiger partial charge on any atom is 0.225 e. The van der Waals surface area contributed by atoms with Crippen LogP contribution in [0.25, 0.3) is 0 Å². The van der Waals surface area contributed by atoms with E-state index in [1.54, 1.807) is 4.31 Å². The van der Waals surface area contributed by atoms with Crippen molar-refractivity contribution >= 4 is 16.0 Å². The van der Waals surface area contributed by atoms with E-state index in [-0.39, 0.29) is 11.2 Å². The van der Waals surface area contributed by atoms with Crippen molar-refractivity contribution in [3.63, 3.8) is 0 Å². The Bertz CT molecular complexity index is 782. The van der Waals surface area contributed by atoms with Gasteiger partial charge in [0.15, 0.2) is 0 Å². The summed E-state index contributed by atoms with van der Waals surface area (Å²) in [6.07, 6.45) is 4.16. The molecule has 2 fully saturated rings. The zero-order chi connectivity index (χ0) is 18.9. The standard InChI is InChI=1S/C18H28N4O4S/c1-2-3-10-27(23,24)22-5-4-18(13-22)14-26-12-15-11-19-17(20-16(15)18)21-6-8-25-9-7-21/h11H,2-10,12-14H2,1H3/t18-/m1/s1. The van der Waals surface area contributed by atoms with Gasteiger partial charge in [0.2, 0.25) is 16.0 Å². The predicted molar refractivity (Wildman–Crippen MR) is 101 cm³/mol. The lowest BCUT2D eigenvalue weighted by molar-refractivity contribution is 0.0530. The largest absolute Gasteiger partial charge is 0.378 e. The van der Waals surface area contributed by atoms with Gasteiger partial charge in [0.25, 0.3) is 0 Å². The minimum atomic E-state index is -3.22. The summed E-state index contributed by atoms with van der Waals surface area (Å²) in [5.74, 6) is 0.932. The Hall–Kier alpha value is -1.29. The molecule has 1 aromatic rings. The van der Waals surface area contributed by atoms with Crippen molar-refractivity contribution in [1.82, 2.24) is 14.3 Å². The third-order valence-electron chi connectivity index (χ3n) is 5.75. The van der Waals surface area contributed by atoms with Crippen molar-refractivity contribution in [1.29, 1.82) is 0 Å². The van der Waals surface area contributed by atoms with Gasteiger partial charge in [-0.2, -0.15) is 0 Å². The third kappa shape index (κ3) is 3.70. The van der Waals surface area contributed by atoms with Crippen molar-refractivity contribution in [3.8, 4) is 0 Å². The summed E-state index contributed by atoms with van der Waals surface area (Å²) in [4.78, 5) is 11.6. The number of rotatable bonds is 5. The lowest BCUT2D eigenvalue weighted by Gasteiger charge is -2.35. The summed E-state index contributed by atoms with van der Waals surface area (Å²) in [7, 11) is -3.22. The lowest BCUT2D eigenvalue weighted by Crippen LogP contribution is -2.43. The van der Waals surface area contributed by atoms with Crippen molar-refractivity contribution in [2.75, 3.05) is 56.7 Å². The fraction of sp³-hybridized carbons (Fsp3) is 0.778. The fourth-order valence-corrected chi connectivity index (χ4v) is 5.87. The molecule has 4 rings (SSSR count). The molecule has 0 N–H and O–H groups in total. The summed E-state index contributed by atoms with van der Waals surface area (Å²) in [5, 5.41) is 0. The molecule has 3 aliphatic heterocycles. The SMILES string of the molecule is CCCCS(=O)(=O)N1CC[C@]2(COCc3cnc(N4CCOCC4)nc32)C1. The number of aromatic nitrogens is 2. The molecule has 4 heterocycles. The third-order valence-corrected chi connectivity index (χ3v) is 7.66. The van der Waals surface area contributed by atoms with Crippen LogP contribution in [0.1, 0.15) is 37.4 Å². The van der Waals surface area contributed by atoms with Gasteiger partial charge in [-0.3, -0.25) is 0 Å². The van der Waals surface area contributed by atoms with Crippen molar-refractivity contribution in [2.45, 2.75) is 38.2 Å². The number of unbranched alkanes of at least 4 members (excludes halogenated alkanes) is 1. The lowest BCUT2D eigenvalue weighted by atomic mass is 9.81. The first-order chi connectivity index (χ1) is 13.0. The van der Waals surface area contributed by atoms with Crippen LogP contribution in [0, 0.1) is 0 Å². The second-order valence-electron chi connectivity index (χ2n) is 7.67. The highest BCUT2D eigenvalue weighted by Crippen LogP contribution is 2.40. The Morgan fingerprint density at radius 1 is 1.22 bits per heavy atom. The average molecular weight is 397 g/mol. The summed E-state index contributed by atoms with van der Waals surface area (Å²) in [6, 6.07) is 0. The van der Waals surface area contributed by atoms with Gasteiger partial charge in [-0.1, -0.05) is 13.3 Å². The van der Waals surface area contributed by atoms with E-state index < -0.39 is 10.0 Å². The number of hydrogen-bond acceptors (Lipinski definition) is 7. The molecule has 0 amide bonds. The second kappa shape index (κ2) is 7.62. The van der Waals surface area contributed by atoms with Crippen LogP contribution in [0.5, 0.6) is 0 Å². The summed E-state index contributed by atoms with van der Waals surface area (Å²) in [5.41, 5.74) is 1.58. The van der Waals surface area contributed by atoms with Gasteiger partial charge in [0.1, 0.15) is 0 Å². The van der Waals surface area contributed by atoms with E-state index in [0.717, 1.165) is 37.2 Å². The van der Waals surface area contributed by atoms with Crippen LogP contribution in [-0.2, 0) is 31.5 Å². The highest BCUT2D eigenvalue weighted by Gasteiger charge is 2.48. The molecular weight excluding hydrogens is 368 g/mol. The molecule has 1 atom stereocenters. The van der Waals surface area contributed by atoms with E-state index in [9.17, 15) is 8.42 Å². The highest BCUT2D eigenvalue weighted by atomic mass is 32.2. The first kappa shape index (κ1) is 19.0. The second-order valence-corrected chi connectivity index (χ2v) is 9.76. The van der Waals surface area contributed by atoms with Gasteiger partial charge in [-0.25, -0.2) is 22.7 Å². The molecule has 1 aromatic heterocycles. The van der Waals surface area contributed by atoms with Crippen LogP contribution in [0.15, 0.2) is 6.20 Å². The van der Waals surface area contributed by atoms with E-state index in [1.807, 2.05) is 13.1 Å². The van der Waals surface area contributed by atoms with Gasteiger partial charge in [0, 0.05) is 37.9 Å². The number of hydrogen-bond donors (Lipinski definition) is 0. The maximum absolute atomic E-state index is 12.7. The Morgan fingerprint density at radius 3 is 2.81 bits per heavy atom. The zero-order valence-electron chi connectivity index (χ0n) is 15.9. The molecule has 0 bridgehead atoms. The van der Waals surface area contributed by atoms with Crippen LogP contribution in [0.3, 0.4) is 0 Å². The van der Waals surface area contributed by atoms with Crippen molar-refractivity contribution in [2.24, 2.45) is 0 Å². The van der Waals surface area contributed by atoms with Crippen LogP contribution in [0.4, 0.5) is 5.95 Å². The monoisotopic (exact) mass is 396 g/mol. The number of anilines is 1. The van der Waals surface area contributed by atoms with Gasteiger partial charge < -0.3 is 14.4 Å². The molecule has 1 spiro atoms. The molecule has 9 heteroatoms. The van der Waals surface area contributed by atoms with Crippen LogP contribution < -0.4 is 4.90 Å². The molecule has 0 saturated carbocycles. The summed E-state index contributed by atoms with van der Waals surface area (Å²) in [6.45, 7) is 6.91. The summed E-state index contributed by atoms with van der Waals surface area (Å²) >= 11 is 0. The molecule has 150 valence electrons. The number of morpholine rings is 1. The Morgan fingerprint density at radius 2 is 2.04 bits per heavy atom. The van der Waals surface area contributed by atoms with Crippen LogP contribution in [0.2, 0.25) is 0 Å². The molecule has 27 heavy (non-hydrogen) atoms. The van der Waals surface area contributed by atoms with Crippen LogP contribution >= 0.6 is 0 Å². The first-order valence-electron chi connectivity index (χ1n) is 9.79. The predicted octanol–water partition coefficient (Wildman–Crippen LogP) is 0.917. The number of sulfonamides is 1. The van der Waals surface area contributed by atoms with E-state index in [0.29, 0.717) is 51.9 Å². The Labute approximate surface area is 160 Å². The average Bonchev–Trinajstić information content (AvgIpc) is 3.13. The smallest absolute Gasteiger partial charge is 0.225 e. The van der Waals surface area contributed by atoms with E-state index >= 15 is 0 Å². The van der Waals surface area contributed by atoms with Gasteiger partial charge in [-0.05, 0) is 12.8 Å². The normalized spacial score (nSPS) is 26.5. The van der Waals surface area contributed by atoms with Crippen molar-refractivity contribution in [3.05, 3.63) is 17.5 Å². The number of nitrogens with zero attached hydrogens (tertiary/aromatic N) is 4. The van der Waals surface area contributed by atoms with E-state index in [2.05, 4.69) is 9.88 Å². The molecule has 3 aliphatic rings. The molecule has 0 radical (unpaired) electrons. The quantitative estimate of drug-likeness (QED) is 0.731. The zero-order valence-corrected chi connectivity index (χ0v) is 16.7. The molecule has 0 unspecified atom stereocenters. The van der Waals surface area contributed by atoms with Crippen molar-refractivity contribution < 1.29 is 17.9 Å². The van der Waals surface area contributed by atoms with Crippen LogP contribution in [-0.4, -0.2) is 74.4 Å². The Balaban J connectivity index is 1.60. The van der Waals surface area contributed by atoms with Gasteiger partial charge in [-0.15, -0.1) is 0 Å². The molecule has 8 nitrogen and oxygen atoms in total. The topological polar surface area (TPSA) is 84.9 Å². The minimum Gasteiger partial charge on any atom is -0.378 e. The Kier molecular flexibility index (Phi) is 5.37. The van der Waals surface area contributed by atoms with E-state index in [1.165, 1.54) is 0 Å². The van der Waals surface area contributed by atoms with Gasteiger partial charge >= 0.3 is 0 Å².